The highest BCUT2D eigenvalue weighted by Crippen LogP contribution is 2.25. The number of benzene rings is 2. The lowest BCUT2D eigenvalue weighted by molar-refractivity contribution is 0.482. The van der Waals surface area contributed by atoms with E-state index in [1.165, 1.54) is 18.4 Å². The van der Waals surface area contributed by atoms with Crippen LogP contribution in [0.25, 0.3) is 0 Å². The topological polar surface area (TPSA) is 69.4 Å². The SMILES string of the molecule is Cc1cc(N)cc(Oc2ccc(S(C)(=O)=O)cc2)c1. The van der Waals surface area contributed by atoms with Crippen molar-refractivity contribution in [3.63, 3.8) is 0 Å². The van der Waals surface area contributed by atoms with E-state index < -0.39 is 9.84 Å². The quantitative estimate of drug-likeness (QED) is 0.876. The number of nitrogen functional groups attached to an aromatic ring is 1. The van der Waals surface area contributed by atoms with Gasteiger partial charge in [-0.15, -0.1) is 0 Å². The average molecular weight is 277 g/mol. The molecule has 19 heavy (non-hydrogen) atoms. The van der Waals surface area contributed by atoms with E-state index in [0.29, 0.717) is 17.2 Å². The van der Waals surface area contributed by atoms with Gasteiger partial charge in [-0.25, -0.2) is 8.42 Å². The molecule has 0 unspecified atom stereocenters. The molecular weight excluding hydrogens is 262 g/mol. The lowest BCUT2D eigenvalue weighted by Crippen LogP contribution is -1.96. The molecule has 0 saturated heterocycles. The van der Waals surface area contributed by atoms with Crippen LogP contribution in [0.5, 0.6) is 11.5 Å². The van der Waals surface area contributed by atoms with Gasteiger partial charge in [-0.2, -0.15) is 0 Å². The molecule has 0 aliphatic rings. The number of hydrogen-bond donors (Lipinski definition) is 1. The van der Waals surface area contributed by atoms with Crippen molar-refractivity contribution in [3.8, 4) is 11.5 Å². The van der Waals surface area contributed by atoms with Crippen LogP contribution in [-0.2, 0) is 9.84 Å². The number of sulfone groups is 1. The van der Waals surface area contributed by atoms with Crippen LogP contribution in [0.4, 0.5) is 5.69 Å². The Kier molecular flexibility index (Phi) is 3.48. The molecule has 0 radical (unpaired) electrons. The molecule has 0 aliphatic heterocycles. The molecule has 2 aromatic carbocycles. The van der Waals surface area contributed by atoms with Gasteiger partial charge < -0.3 is 10.5 Å². The van der Waals surface area contributed by atoms with Gasteiger partial charge in [0.05, 0.1) is 4.90 Å². The highest BCUT2D eigenvalue weighted by molar-refractivity contribution is 7.90. The maximum absolute atomic E-state index is 11.3. The van der Waals surface area contributed by atoms with Gasteiger partial charge in [-0.05, 0) is 48.9 Å². The van der Waals surface area contributed by atoms with Crippen molar-refractivity contribution in [1.82, 2.24) is 0 Å². The van der Waals surface area contributed by atoms with Gasteiger partial charge >= 0.3 is 0 Å². The lowest BCUT2D eigenvalue weighted by Gasteiger charge is -2.08. The zero-order valence-corrected chi connectivity index (χ0v) is 11.6. The minimum Gasteiger partial charge on any atom is -0.457 e. The summed E-state index contributed by atoms with van der Waals surface area (Å²) in [7, 11) is -3.18. The van der Waals surface area contributed by atoms with Crippen molar-refractivity contribution in [2.75, 3.05) is 12.0 Å². The lowest BCUT2D eigenvalue weighted by atomic mass is 10.2. The maximum atomic E-state index is 11.3. The number of hydrogen-bond acceptors (Lipinski definition) is 4. The number of aryl methyl sites for hydroxylation is 1. The molecule has 0 saturated carbocycles. The van der Waals surface area contributed by atoms with Gasteiger partial charge in [0.25, 0.3) is 0 Å². The fourth-order valence-electron chi connectivity index (χ4n) is 1.73. The molecule has 0 fully saturated rings. The predicted octanol–water partition coefficient (Wildman–Crippen LogP) is 2.77. The van der Waals surface area contributed by atoms with Crippen molar-refractivity contribution < 1.29 is 13.2 Å². The fourth-order valence-corrected chi connectivity index (χ4v) is 2.36. The van der Waals surface area contributed by atoms with Crippen molar-refractivity contribution in [1.29, 1.82) is 0 Å². The third-order valence-corrected chi connectivity index (χ3v) is 3.69. The molecule has 0 heterocycles. The summed E-state index contributed by atoms with van der Waals surface area (Å²) < 4.78 is 28.3. The molecule has 0 aromatic heterocycles. The monoisotopic (exact) mass is 277 g/mol. The second-order valence-corrected chi connectivity index (χ2v) is 6.44. The molecule has 0 bridgehead atoms. The van der Waals surface area contributed by atoms with Crippen molar-refractivity contribution in [2.45, 2.75) is 11.8 Å². The summed E-state index contributed by atoms with van der Waals surface area (Å²) >= 11 is 0. The van der Waals surface area contributed by atoms with Crippen LogP contribution in [0.1, 0.15) is 5.56 Å². The largest absolute Gasteiger partial charge is 0.457 e. The fraction of sp³-hybridized carbons (Fsp3) is 0.143. The Morgan fingerprint density at radius 2 is 1.63 bits per heavy atom. The second-order valence-electron chi connectivity index (χ2n) is 4.43. The highest BCUT2D eigenvalue weighted by atomic mass is 32.2. The standard InChI is InChI=1S/C14H15NO3S/c1-10-7-11(15)9-13(8-10)18-12-3-5-14(6-4-12)19(2,16)17/h3-9H,15H2,1-2H3. The molecule has 2 N–H and O–H groups in total. The van der Waals surface area contributed by atoms with E-state index in [0.717, 1.165) is 5.56 Å². The molecule has 0 atom stereocenters. The van der Waals surface area contributed by atoms with Gasteiger partial charge in [-0.3, -0.25) is 0 Å². The Morgan fingerprint density at radius 1 is 1.00 bits per heavy atom. The highest BCUT2D eigenvalue weighted by Gasteiger charge is 2.07. The number of nitrogens with two attached hydrogens (primary N) is 1. The van der Waals surface area contributed by atoms with E-state index in [1.54, 1.807) is 18.2 Å². The predicted molar refractivity (Wildman–Crippen MR) is 75.2 cm³/mol. The molecule has 2 aromatic rings. The molecular formula is C14H15NO3S. The second kappa shape index (κ2) is 4.93. The minimum absolute atomic E-state index is 0.267. The normalized spacial score (nSPS) is 11.3. The van der Waals surface area contributed by atoms with E-state index in [2.05, 4.69) is 0 Å². The molecule has 0 aliphatic carbocycles. The Morgan fingerprint density at radius 3 is 2.16 bits per heavy atom. The molecule has 0 spiro atoms. The zero-order chi connectivity index (χ0) is 14.0. The first-order valence-corrected chi connectivity index (χ1v) is 7.59. The minimum atomic E-state index is -3.18. The van der Waals surface area contributed by atoms with Crippen LogP contribution in [0.3, 0.4) is 0 Å². The number of ether oxygens (including phenoxy) is 1. The Hall–Kier alpha value is -2.01. The van der Waals surface area contributed by atoms with E-state index in [-0.39, 0.29) is 4.90 Å². The first-order chi connectivity index (χ1) is 8.84. The van der Waals surface area contributed by atoms with Gasteiger partial charge in [0, 0.05) is 18.0 Å². The van der Waals surface area contributed by atoms with E-state index in [9.17, 15) is 8.42 Å². The third-order valence-electron chi connectivity index (χ3n) is 2.56. The number of rotatable bonds is 3. The number of anilines is 1. The van der Waals surface area contributed by atoms with Crippen LogP contribution in [0.2, 0.25) is 0 Å². The first kappa shape index (κ1) is 13.4. The van der Waals surface area contributed by atoms with Crippen molar-refractivity contribution in [2.24, 2.45) is 0 Å². The molecule has 2 rings (SSSR count). The van der Waals surface area contributed by atoms with Crippen molar-refractivity contribution >= 4 is 15.5 Å². The van der Waals surface area contributed by atoms with Crippen LogP contribution in [-0.4, -0.2) is 14.7 Å². The summed E-state index contributed by atoms with van der Waals surface area (Å²) in [6.45, 7) is 1.93. The first-order valence-electron chi connectivity index (χ1n) is 5.70. The summed E-state index contributed by atoms with van der Waals surface area (Å²) in [4.78, 5) is 0.267. The Balaban J connectivity index is 2.24. The maximum Gasteiger partial charge on any atom is 0.175 e. The summed E-state index contributed by atoms with van der Waals surface area (Å²) in [6.07, 6.45) is 1.17. The Bertz CT molecular complexity index is 671. The molecule has 4 nitrogen and oxygen atoms in total. The van der Waals surface area contributed by atoms with Crippen LogP contribution >= 0.6 is 0 Å². The van der Waals surface area contributed by atoms with Crippen LogP contribution in [0.15, 0.2) is 47.4 Å². The molecule has 100 valence electrons. The average Bonchev–Trinajstić information content (AvgIpc) is 2.26. The summed E-state index contributed by atoms with van der Waals surface area (Å²) in [6, 6.07) is 11.7. The van der Waals surface area contributed by atoms with Gasteiger partial charge in [-0.1, -0.05) is 0 Å². The Labute approximate surface area is 112 Å². The van der Waals surface area contributed by atoms with E-state index in [4.69, 9.17) is 10.5 Å². The van der Waals surface area contributed by atoms with E-state index in [1.807, 2.05) is 19.1 Å². The molecule has 5 heteroatoms. The van der Waals surface area contributed by atoms with Gasteiger partial charge in [0.2, 0.25) is 0 Å². The smallest absolute Gasteiger partial charge is 0.175 e. The van der Waals surface area contributed by atoms with Crippen LogP contribution < -0.4 is 10.5 Å². The van der Waals surface area contributed by atoms with Crippen molar-refractivity contribution in [3.05, 3.63) is 48.0 Å². The molecule has 0 amide bonds. The summed E-state index contributed by atoms with van der Waals surface area (Å²) in [5.74, 6) is 1.20. The summed E-state index contributed by atoms with van der Waals surface area (Å²) in [5, 5.41) is 0. The third kappa shape index (κ3) is 3.48. The van der Waals surface area contributed by atoms with E-state index >= 15 is 0 Å². The zero-order valence-electron chi connectivity index (χ0n) is 10.8. The van der Waals surface area contributed by atoms with Gasteiger partial charge in [0.15, 0.2) is 9.84 Å². The van der Waals surface area contributed by atoms with Gasteiger partial charge in [0.1, 0.15) is 11.5 Å². The summed E-state index contributed by atoms with van der Waals surface area (Å²) in [5.41, 5.74) is 7.37. The van der Waals surface area contributed by atoms with Crippen LogP contribution in [0, 0.1) is 6.92 Å².